The van der Waals surface area contributed by atoms with Crippen LogP contribution in [0.25, 0.3) is 0 Å². The molecular weight excluding hydrogens is 653 g/mol. The Kier molecular flexibility index (Phi) is 25.5. The van der Waals surface area contributed by atoms with Gasteiger partial charge in [-0.15, -0.1) is 0 Å². The molecule has 2 aromatic carbocycles. The molecular formula is C49H82O4. The van der Waals surface area contributed by atoms with E-state index in [1.54, 1.807) is 0 Å². The van der Waals surface area contributed by atoms with Crippen molar-refractivity contribution < 1.29 is 18.9 Å². The first-order valence-corrected chi connectivity index (χ1v) is 22.7. The van der Waals surface area contributed by atoms with E-state index >= 15 is 0 Å². The van der Waals surface area contributed by atoms with Gasteiger partial charge in [-0.1, -0.05) is 229 Å². The lowest BCUT2D eigenvalue weighted by Crippen LogP contribution is -2.44. The van der Waals surface area contributed by atoms with Gasteiger partial charge in [-0.3, -0.25) is 0 Å². The first-order chi connectivity index (χ1) is 26.0. The van der Waals surface area contributed by atoms with Crippen molar-refractivity contribution in [1.29, 1.82) is 0 Å². The third-order valence-corrected chi connectivity index (χ3v) is 11.2. The fourth-order valence-electron chi connectivity index (χ4n) is 8.01. The van der Waals surface area contributed by atoms with Gasteiger partial charge in [0.05, 0.1) is 25.4 Å². The summed E-state index contributed by atoms with van der Waals surface area (Å²) in [5.74, 6) is -0.675. The average molecular weight is 735 g/mol. The van der Waals surface area contributed by atoms with Gasteiger partial charge in [-0.05, 0) is 37.8 Å². The predicted octanol–water partition coefficient (Wildman–Crippen LogP) is 14.9. The van der Waals surface area contributed by atoms with Gasteiger partial charge in [0, 0.05) is 0 Å². The van der Waals surface area contributed by atoms with Crippen molar-refractivity contribution in [2.75, 3.05) is 0 Å². The predicted molar refractivity (Wildman–Crippen MR) is 225 cm³/mol. The Balaban J connectivity index is 1.56. The number of unbranched alkanes of at least 4 members (excludes halogenated alkanes) is 22. The summed E-state index contributed by atoms with van der Waals surface area (Å²) < 4.78 is 27.2. The SMILES string of the molecule is CCCCCCCCCCCCCC[C@H](OCc1ccccc1)[C@@H]1OC(C)(C)O[C@H]1[C@H](CCCCCCCCCCCCCC)OCc1ccccc1. The standard InChI is InChI=1S/C49H82O4/c1-5-7-9-11-13-15-17-19-21-23-25-33-39-45(50-41-43-35-29-27-30-36-43)47-48(53-49(3,4)52-47)46(51-42-44-37-31-28-32-38-44)40-34-26-24-22-20-18-16-14-12-10-8-6-2/h27-32,35-38,45-48H,5-26,33-34,39-42H2,1-4H3/t45-,46-,47-,48-/m0/s1. The van der Waals surface area contributed by atoms with Gasteiger partial charge in [-0.2, -0.15) is 0 Å². The quantitative estimate of drug-likeness (QED) is 0.0671. The smallest absolute Gasteiger partial charge is 0.164 e. The van der Waals surface area contributed by atoms with Crippen LogP contribution in [0.3, 0.4) is 0 Å². The summed E-state index contributed by atoms with van der Waals surface area (Å²) in [4.78, 5) is 0. The summed E-state index contributed by atoms with van der Waals surface area (Å²) in [5.41, 5.74) is 2.41. The molecule has 2 aromatic rings. The van der Waals surface area contributed by atoms with Crippen molar-refractivity contribution >= 4 is 0 Å². The van der Waals surface area contributed by atoms with E-state index < -0.39 is 5.79 Å². The Bertz CT molecular complexity index is 1000. The molecule has 302 valence electrons. The second-order valence-corrected chi connectivity index (χ2v) is 16.6. The minimum Gasteiger partial charge on any atom is -0.371 e. The third-order valence-electron chi connectivity index (χ3n) is 11.2. The van der Waals surface area contributed by atoms with Gasteiger partial charge in [0.25, 0.3) is 0 Å². The molecule has 1 saturated heterocycles. The fourth-order valence-corrected chi connectivity index (χ4v) is 8.01. The van der Waals surface area contributed by atoms with Crippen LogP contribution in [-0.4, -0.2) is 30.2 Å². The Morgan fingerprint density at radius 2 is 0.717 bits per heavy atom. The van der Waals surface area contributed by atoms with Crippen LogP contribution in [0.5, 0.6) is 0 Å². The van der Waals surface area contributed by atoms with Crippen LogP contribution in [0.15, 0.2) is 60.7 Å². The van der Waals surface area contributed by atoms with Gasteiger partial charge < -0.3 is 18.9 Å². The van der Waals surface area contributed by atoms with Crippen LogP contribution < -0.4 is 0 Å². The first-order valence-electron chi connectivity index (χ1n) is 22.7. The second-order valence-electron chi connectivity index (χ2n) is 16.6. The van der Waals surface area contributed by atoms with E-state index in [-0.39, 0.29) is 24.4 Å². The number of hydrogen-bond donors (Lipinski definition) is 0. The van der Waals surface area contributed by atoms with E-state index in [2.05, 4.69) is 88.4 Å². The molecule has 0 N–H and O–H groups in total. The minimum absolute atomic E-state index is 0.0464. The van der Waals surface area contributed by atoms with Gasteiger partial charge in [0.2, 0.25) is 0 Å². The molecule has 0 amide bonds. The van der Waals surface area contributed by atoms with E-state index in [1.807, 2.05) is 0 Å². The lowest BCUT2D eigenvalue weighted by atomic mass is 9.94. The zero-order valence-electron chi connectivity index (χ0n) is 35.0. The molecule has 53 heavy (non-hydrogen) atoms. The van der Waals surface area contributed by atoms with Crippen molar-refractivity contribution in [3.05, 3.63) is 71.8 Å². The Hall–Kier alpha value is -1.72. The van der Waals surface area contributed by atoms with Gasteiger partial charge in [0.1, 0.15) is 12.2 Å². The molecule has 1 aliphatic heterocycles. The van der Waals surface area contributed by atoms with Crippen molar-refractivity contribution in [2.45, 2.75) is 238 Å². The molecule has 0 bridgehead atoms. The van der Waals surface area contributed by atoms with Crippen molar-refractivity contribution in [3.63, 3.8) is 0 Å². The highest BCUT2D eigenvalue weighted by Crippen LogP contribution is 2.37. The maximum absolute atomic E-state index is 6.81. The second kappa shape index (κ2) is 29.6. The van der Waals surface area contributed by atoms with Crippen LogP contribution in [0.2, 0.25) is 0 Å². The molecule has 1 aliphatic rings. The number of hydrogen-bond acceptors (Lipinski definition) is 4. The van der Waals surface area contributed by atoms with Crippen LogP contribution in [0.4, 0.5) is 0 Å². The van der Waals surface area contributed by atoms with Crippen LogP contribution in [0, 0.1) is 0 Å². The molecule has 1 fully saturated rings. The molecule has 4 heteroatoms. The van der Waals surface area contributed by atoms with Crippen molar-refractivity contribution in [3.8, 4) is 0 Å². The molecule has 4 atom stereocenters. The van der Waals surface area contributed by atoms with E-state index in [4.69, 9.17) is 18.9 Å². The third kappa shape index (κ3) is 21.2. The van der Waals surface area contributed by atoms with Crippen molar-refractivity contribution in [1.82, 2.24) is 0 Å². The molecule has 0 radical (unpaired) electrons. The molecule has 4 nitrogen and oxygen atoms in total. The van der Waals surface area contributed by atoms with Crippen LogP contribution >= 0.6 is 0 Å². The van der Waals surface area contributed by atoms with Gasteiger partial charge in [0.15, 0.2) is 5.79 Å². The summed E-state index contributed by atoms with van der Waals surface area (Å²) in [6, 6.07) is 21.2. The topological polar surface area (TPSA) is 36.9 Å². The molecule has 0 aromatic heterocycles. The number of ether oxygens (including phenoxy) is 4. The maximum Gasteiger partial charge on any atom is 0.164 e. The largest absolute Gasteiger partial charge is 0.371 e. The zero-order chi connectivity index (χ0) is 37.7. The van der Waals surface area contributed by atoms with E-state index in [1.165, 1.54) is 152 Å². The highest BCUT2D eigenvalue weighted by molar-refractivity contribution is 5.14. The van der Waals surface area contributed by atoms with Gasteiger partial charge >= 0.3 is 0 Å². The van der Waals surface area contributed by atoms with E-state index in [9.17, 15) is 0 Å². The molecule has 1 heterocycles. The monoisotopic (exact) mass is 735 g/mol. The van der Waals surface area contributed by atoms with Crippen molar-refractivity contribution in [2.24, 2.45) is 0 Å². The van der Waals surface area contributed by atoms with Crippen LogP contribution in [-0.2, 0) is 32.2 Å². The van der Waals surface area contributed by atoms with Gasteiger partial charge in [-0.25, -0.2) is 0 Å². The van der Waals surface area contributed by atoms with E-state index in [0.29, 0.717) is 13.2 Å². The molecule has 0 spiro atoms. The summed E-state index contributed by atoms with van der Waals surface area (Å²) in [5, 5.41) is 0. The molecule has 3 rings (SSSR count). The summed E-state index contributed by atoms with van der Waals surface area (Å²) >= 11 is 0. The zero-order valence-corrected chi connectivity index (χ0v) is 35.0. The number of benzene rings is 2. The van der Waals surface area contributed by atoms with E-state index in [0.717, 1.165) is 25.7 Å². The summed E-state index contributed by atoms with van der Waals surface area (Å²) in [7, 11) is 0. The minimum atomic E-state index is -0.675. The lowest BCUT2D eigenvalue weighted by molar-refractivity contribution is -0.167. The first kappa shape index (κ1) is 45.7. The normalized spacial score (nSPS) is 18.0. The summed E-state index contributed by atoms with van der Waals surface area (Å²) in [6.45, 7) is 9.90. The van der Waals surface area contributed by atoms with Crippen LogP contribution in [0.1, 0.15) is 206 Å². The Labute approximate surface area is 327 Å². The highest BCUT2D eigenvalue weighted by Gasteiger charge is 2.49. The Morgan fingerprint density at radius 3 is 1.02 bits per heavy atom. The maximum atomic E-state index is 6.81. The lowest BCUT2D eigenvalue weighted by Gasteiger charge is -2.31. The molecule has 0 aliphatic carbocycles. The highest BCUT2D eigenvalue weighted by atomic mass is 16.8. The molecule has 0 unspecified atom stereocenters. The Morgan fingerprint density at radius 1 is 0.434 bits per heavy atom. The average Bonchev–Trinajstić information content (AvgIpc) is 3.50. The number of rotatable bonds is 34. The fraction of sp³-hybridized carbons (Fsp3) is 0.755. The molecule has 0 saturated carbocycles. The summed E-state index contributed by atoms with van der Waals surface area (Å²) in [6.07, 6.45) is 33.9.